The number of nitro groups is 1. The standard InChI is InChI=1S/C16H19N3O2/c1-4-10-17-15-9-8-14(19(20)21)16(18-15)13-7-5-6-11(2)12(13)3/h5-9H,4,10H2,1-3H3,(H,17,18). The molecule has 2 rings (SSSR count). The number of benzene rings is 1. The minimum atomic E-state index is -0.381. The Morgan fingerprint density at radius 2 is 2.00 bits per heavy atom. The molecule has 1 aromatic carbocycles. The normalized spacial score (nSPS) is 10.4. The van der Waals surface area contributed by atoms with Gasteiger partial charge >= 0.3 is 0 Å². The molecule has 0 fully saturated rings. The van der Waals surface area contributed by atoms with E-state index in [0.717, 1.165) is 29.7 Å². The molecule has 5 heteroatoms. The largest absolute Gasteiger partial charge is 0.370 e. The van der Waals surface area contributed by atoms with Gasteiger partial charge in [-0.15, -0.1) is 0 Å². The Morgan fingerprint density at radius 1 is 1.24 bits per heavy atom. The lowest BCUT2D eigenvalue weighted by Crippen LogP contribution is -2.04. The van der Waals surface area contributed by atoms with Crippen molar-refractivity contribution in [3.8, 4) is 11.3 Å². The van der Waals surface area contributed by atoms with Gasteiger partial charge in [-0.05, 0) is 37.5 Å². The predicted octanol–water partition coefficient (Wildman–Crippen LogP) is 4.10. The van der Waals surface area contributed by atoms with Gasteiger partial charge in [0.25, 0.3) is 5.69 Å². The number of rotatable bonds is 5. The summed E-state index contributed by atoms with van der Waals surface area (Å²) >= 11 is 0. The van der Waals surface area contributed by atoms with Crippen molar-refractivity contribution in [2.75, 3.05) is 11.9 Å². The molecule has 1 N–H and O–H groups in total. The van der Waals surface area contributed by atoms with Crippen molar-refractivity contribution in [1.82, 2.24) is 4.98 Å². The third-order valence-corrected chi connectivity index (χ3v) is 3.49. The zero-order valence-corrected chi connectivity index (χ0v) is 12.5. The van der Waals surface area contributed by atoms with Crippen LogP contribution in [0.5, 0.6) is 0 Å². The molecule has 0 saturated carbocycles. The maximum atomic E-state index is 11.3. The summed E-state index contributed by atoms with van der Waals surface area (Å²) in [6.07, 6.45) is 0.970. The van der Waals surface area contributed by atoms with E-state index in [4.69, 9.17) is 0 Å². The number of pyridine rings is 1. The first kappa shape index (κ1) is 15.0. The SMILES string of the molecule is CCCNc1ccc([N+](=O)[O-])c(-c2cccc(C)c2C)n1. The maximum Gasteiger partial charge on any atom is 0.295 e. The van der Waals surface area contributed by atoms with Crippen molar-refractivity contribution in [2.45, 2.75) is 27.2 Å². The zero-order chi connectivity index (χ0) is 15.4. The highest BCUT2D eigenvalue weighted by Gasteiger charge is 2.19. The summed E-state index contributed by atoms with van der Waals surface area (Å²) in [4.78, 5) is 15.3. The maximum absolute atomic E-state index is 11.3. The van der Waals surface area contributed by atoms with Gasteiger partial charge in [-0.2, -0.15) is 0 Å². The topological polar surface area (TPSA) is 68.1 Å². The summed E-state index contributed by atoms with van der Waals surface area (Å²) in [5.74, 6) is 0.665. The monoisotopic (exact) mass is 285 g/mol. The lowest BCUT2D eigenvalue weighted by atomic mass is 9.99. The summed E-state index contributed by atoms with van der Waals surface area (Å²) in [5, 5.41) is 14.4. The molecule has 0 amide bonds. The smallest absolute Gasteiger partial charge is 0.295 e. The Bertz CT molecular complexity index is 669. The summed E-state index contributed by atoms with van der Waals surface area (Å²) < 4.78 is 0. The molecule has 0 aliphatic carbocycles. The molecular formula is C16H19N3O2. The van der Waals surface area contributed by atoms with Crippen LogP contribution in [0.4, 0.5) is 11.5 Å². The molecule has 0 spiro atoms. The molecule has 110 valence electrons. The van der Waals surface area contributed by atoms with Gasteiger partial charge in [-0.1, -0.05) is 25.1 Å². The molecule has 0 aliphatic heterocycles. The van der Waals surface area contributed by atoms with Crippen LogP contribution in [0.1, 0.15) is 24.5 Å². The van der Waals surface area contributed by atoms with E-state index < -0.39 is 0 Å². The number of nitrogens with zero attached hydrogens (tertiary/aromatic N) is 2. The fraction of sp³-hybridized carbons (Fsp3) is 0.312. The van der Waals surface area contributed by atoms with Gasteiger partial charge in [-0.3, -0.25) is 10.1 Å². The lowest BCUT2D eigenvalue weighted by molar-refractivity contribution is -0.384. The third kappa shape index (κ3) is 3.18. The van der Waals surface area contributed by atoms with E-state index in [-0.39, 0.29) is 10.6 Å². The quantitative estimate of drug-likeness (QED) is 0.663. The van der Waals surface area contributed by atoms with Crippen LogP contribution in [0, 0.1) is 24.0 Å². The van der Waals surface area contributed by atoms with Crippen LogP contribution in [0.25, 0.3) is 11.3 Å². The lowest BCUT2D eigenvalue weighted by Gasteiger charge is -2.11. The predicted molar refractivity (Wildman–Crippen MR) is 84.6 cm³/mol. The first-order chi connectivity index (χ1) is 10.0. The van der Waals surface area contributed by atoms with Crippen molar-refractivity contribution in [3.05, 3.63) is 51.6 Å². The second kappa shape index (κ2) is 6.35. The van der Waals surface area contributed by atoms with E-state index >= 15 is 0 Å². The van der Waals surface area contributed by atoms with Gasteiger partial charge in [0.05, 0.1) is 4.92 Å². The van der Waals surface area contributed by atoms with Gasteiger partial charge in [0.1, 0.15) is 5.82 Å². The minimum absolute atomic E-state index is 0.0331. The molecule has 21 heavy (non-hydrogen) atoms. The molecule has 0 atom stereocenters. The van der Waals surface area contributed by atoms with Gasteiger partial charge in [-0.25, -0.2) is 4.98 Å². The third-order valence-electron chi connectivity index (χ3n) is 3.49. The van der Waals surface area contributed by atoms with Crippen LogP contribution in [-0.2, 0) is 0 Å². The molecule has 1 aromatic heterocycles. The number of anilines is 1. The van der Waals surface area contributed by atoms with Crippen LogP contribution in [0.3, 0.4) is 0 Å². The summed E-state index contributed by atoms with van der Waals surface area (Å²) in [7, 11) is 0. The minimum Gasteiger partial charge on any atom is -0.370 e. The number of aromatic nitrogens is 1. The Balaban J connectivity index is 2.57. The average molecular weight is 285 g/mol. The Morgan fingerprint density at radius 3 is 2.67 bits per heavy atom. The highest BCUT2D eigenvalue weighted by Crippen LogP contribution is 2.32. The van der Waals surface area contributed by atoms with Crippen LogP contribution in [-0.4, -0.2) is 16.5 Å². The summed E-state index contributed by atoms with van der Waals surface area (Å²) in [6, 6.07) is 8.94. The molecule has 2 aromatic rings. The van der Waals surface area contributed by atoms with E-state index in [1.165, 1.54) is 6.07 Å². The first-order valence-electron chi connectivity index (χ1n) is 7.00. The van der Waals surface area contributed by atoms with E-state index in [9.17, 15) is 10.1 Å². The second-order valence-electron chi connectivity index (χ2n) is 5.00. The second-order valence-corrected chi connectivity index (χ2v) is 5.00. The zero-order valence-electron chi connectivity index (χ0n) is 12.5. The van der Waals surface area contributed by atoms with Crippen LogP contribution >= 0.6 is 0 Å². The molecule has 1 heterocycles. The summed E-state index contributed by atoms with van der Waals surface area (Å²) in [6.45, 7) is 6.80. The van der Waals surface area contributed by atoms with Crippen molar-refractivity contribution in [1.29, 1.82) is 0 Å². The van der Waals surface area contributed by atoms with Gasteiger partial charge in [0, 0.05) is 18.2 Å². The molecule has 0 saturated heterocycles. The summed E-state index contributed by atoms with van der Waals surface area (Å²) in [5.41, 5.74) is 3.37. The molecule has 5 nitrogen and oxygen atoms in total. The Kier molecular flexibility index (Phi) is 4.52. The van der Waals surface area contributed by atoms with E-state index in [0.29, 0.717) is 11.5 Å². The van der Waals surface area contributed by atoms with Gasteiger partial charge < -0.3 is 5.32 Å². The Labute approximate surface area is 124 Å². The van der Waals surface area contributed by atoms with Crippen molar-refractivity contribution >= 4 is 11.5 Å². The molecular weight excluding hydrogens is 266 g/mol. The first-order valence-corrected chi connectivity index (χ1v) is 7.00. The molecule has 0 bridgehead atoms. The van der Waals surface area contributed by atoms with Gasteiger partial charge in [0.2, 0.25) is 0 Å². The average Bonchev–Trinajstić information content (AvgIpc) is 2.47. The fourth-order valence-electron chi connectivity index (χ4n) is 2.16. The number of nitrogens with one attached hydrogen (secondary N) is 1. The van der Waals surface area contributed by atoms with Crippen LogP contribution in [0.2, 0.25) is 0 Å². The highest BCUT2D eigenvalue weighted by atomic mass is 16.6. The van der Waals surface area contributed by atoms with Crippen molar-refractivity contribution in [3.63, 3.8) is 0 Å². The van der Waals surface area contributed by atoms with E-state index in [2.05, 4.69) is 17.2 Å². The Hall–Kier alpha value is -2.43. The van der Waals surface area contributed by atoms with Gasteiger partial charge in [0.15, 0.2) is 5.69 Å². The van der Waals surface area contributed by atoms with Crippen LogP contribution in [0.15, 0.2) is 30.3 Å². The molecule has 0 unspecified atom stereocenters. The fourth-order valence-corrected chi connectivity index (χ4v) is 2.16. The molecule has 0 radical (unpaired) electrons. The van der Waals surface area contributed by atoms with Crippen molar-refractivity contribution in [2.24, 2.45) is 0 Å². The number of aryl methyl sites for hydroxylation is 1. The van der Waals surface area contributed by atoms with Crippen molar-refractivity contribution < 1.29 is 4.92 Å². The van der Waals surface area contributed by atoms with E-state index in [1.807, 2.05) is 32.0 Å². The van der Waals surface area contributed by atoms with Crippen LogP contribution < -0.4 is 5.32 Å². The molecule has 0 aliphatic rings. The highest BCUT2D eigenvalue weighted by molar-refractivity contribution is 5.74. The number of hydrogen-bond acceptors (Lipinski definition) is 4. The number of hydrogen-bond donors (Lipinski definition) is 1. The van der Waals surface area contributed by atoms with E-state index in [1.54, 1.807) is 6.07 Å².